The molecule has 1 atom stereocenters. The van der Waals surface area contributed by atoms with Gasteiger partial charge in [-0.3, -0.25) is 0 Å². The van der Waals surface area contributed by atoms with Crippen molar-refractivity contribution in [2.75, 3.05) is 13.2 Å². The van der Waals surface area contributed by atoms with E-state index in [9.17, 15) is 0 Å². The molecule has 3 rings (SSSR count). The Morgan fingerprint density at radius 3 is 2.80 bits per heavy atom. The van der Waals surface area contributed by atoms with Gasteiger partial charge in [0.05, 0.1) is 0 Å². The van der Waals surface area contributed by atoms with Gasteiger partial charge in [-0.05, 0) is 24.8 Å². The van der Waals surface area contributed by atoms with Gasteiger partial charge < -0.3 is 15.2 Å². The first kappa shape index (κ1) is 9.04. The fourth-order valence-electron chi connectivity index (χ4n) is 2.07. The number of ether oxygens (including phenoxy) is 2. The van der Waals surface area contributed by atoms with Crippen LogP contribution in [-0.2, 0) is 0 Å². The van der Waals surface area contributed by atoms with E-state index in [2.05, 4.69) is 6.07 Å². The highest BCUT2D eigenvalue weighted by atomic mass is 16.6. The van der Waals surface area contributed by atoms with Gasteiger partial charge in [-0.2, -0.15) is 0 Å². The molecule has 0 amide bonds. The number of rotatable bonds is 2. The van der Waals surface area contributed by atoms with Gasteiger partial charge in [0.1, 0.15) is 13.2 Å². The molecule has 0 spiro atoms. The van der Waals surface area contributed by atoms with Gasteiger partial charge >= 0.3 is 0 Å². The molecule has 80 valence electrons. The van der Waals surface area contributed by atoms with E-state index in [0.29, 0.717) is 19.1 Å². The number of hydrogen-bond donors (Lipinski definition) is 1. The van der Waals surface area contributed by atoms with Crippen molar-refractivity contribution in [3.8, 4) is 11.5 Å². The first-order valence-corrected chi connectivity index (χ1v) is 5.50. The molecule has 1 aliphatic heterocycles. The van der Waals surface area contributed by atoms with Crippen LogP contribution in [0.3, 0.4) is 0 Å². The molecule has 1 aliphatic carbocycles. The van der Waals surface area contributed by atoms with Crippen LogP contribution in [-0.4, -0.2) is 13.2 Å². The van der Waals surface area contributed by atoms with Crippen molar-refractivity contribution >= 4 is 0 Å². The van der Waals surface area contributed by atoms with Crippen molar-refractivity contribution < 1.29 is 9.47 Å². The lowest BCUT2D eigenvalue weighted by atomic mass is 10.0. The van der Waals surface area contributed by atoms with Crippen molar-refractivity contribution in [3.05, 3.63) is 23.8 Å². The van der Waals surface area contributed by atoms with Gasteiger partial charge in [-0.1, -0.05) is 12.1 Å². The van der Waals surface area contributed by atoms with E-state index < -0.39 is 0 Å². The smallest absolute Gasteiger partial charge is 0.166 e. The summed E-state index contributed by atoms with van der Waals surface area (Å²) < 4.78 is 11.2. The van der Waals surface area contributed by atoms with Gasteiger partial charge in [0.2, 0.25) is 0 Å². The van der Waals surface area contributed by atoms with Gasteiger partial charge in [0.25, 0.3) is 0 Å². The minimum absolute atomic E-state index is 0.113. The average Bonchev–Trinajstić information content (AvgIpc) is 3.11. The van der Waals surface area contributed by atoms with Crippen LogP contribution < -0.4 is 15.2 Å². The Kier molecular flexibility index (Phi) is 2.06. The maximum atomic E-state index is 6.19. The Morgan fingerprint density at radius 1 is 1.20 bits per heavy atom. The third-order valence-corrected chi connectivity index (χ3v) is 3.09. The van der Waals surface area contributed by atoms with Crippen LogP contribution in [0.1, 0.15) is 24.4 Å². The monoisotopic (exact) mass is 205 g/mol. The molecule has 3 nitrogen and oxygen atoms in total. The van der Waals surface area contributed by atoms with Crippen LogP contribution in [0.5, 0.6) is 11.5 Å². The highest BCUT2D eigenvalue weighted by Gasteiger charge is 2.32. The van der Waals surface area contributed by atoms with E-state index in [1.807, 2.05) is 12.1 Å². The predicted octanol–water partition coefficient (Wildman–Crippen LogP) is 1.87. The zero-order valence-corrected chi connectivity index (χ0v) is 8.61. The fraction of sp³-hybridized carbons (Fsp3) is 0.500. The van der Waals surface area contributed by atoms with Gasteiger partial charge in [-0.15, -0.1) is 0 Å². The topological polar surface area (TPSA) is 44.5 Å². The second-order valence-electron chi connectivity index (χ2n) is 4.23. The number of fused-ring (bicyclic) bond motifs is 1. The molecule has 1 fully saturated rings. The fourth-order valence-corrected chi connectivity index (χ4v) is 2.07. The Bertz CT molecular complexity index is 374. The summed E-state index contributed by atoms with van der Waals surface area (Å²) >= 11 is 0. The summed E-state index contributed by atoms with van der Waals surface area (Å²) in [5.41, 5.74) is 7.30. The molecule has 15 heavy (non-hydrogen) atoms. The van der Waals surface area contributed by atoms with Crippen LogP contribution in [0.15, 0.2) is 18.2 Å². The summed E-state index contributed by atoms with van der Waals surface area (Å²) in [7, 11) is 0. The van der Waals surface area contributed by atoms with E-state index in [4.69, 9.17) is 15.2 Å². The molecule has 0 aromatic heterocycles. The molecule has 1 saturated carbocycles. The highest BCUT2D eigenvalue weighted by Crippen LogP contribution is 2.45. The van der Waals surface area contributed by atoms with Gasteiger partial charge in [0.15, 0.2) is 11.5 Å². The summed E-state index contributed by atoms with van der Waals surface area (Å²) in [5, 5.41) is 0. The first-order valence-electron chi connectivity index (χ1n) is 5.50. The van der Waals surface area contributed by atoms with Crippen molar-refractivity contribution in [2.45, 2.75) is 18.9 Å². The molecule has 1 heterocycles. The summed E-state index contributed by atoms with van der Waals surface area (Å²) in [5.74, 6) is 2.35. The van der Waals surface area contributed by atoms with Crippen LogP contribution >= 0.6 is 0 Å². The SMILES string of the molecule is N[C@@H](c1cccc2c1OCCO2)C1CC1. The van der Waals surface area contributed by atoms with Crippen molar-refractivity contribution in [1.29, 1.82) is 0 Å². The molecule has 0 unspecified atom stereocenters. The highest BCUT2D eigenvalue weighted by molar-refractivity contribution is 5.49. The Labute approximate surface area is 89.2 Å². The minimum Gasteiger partial charge on any atom is -0.486 e. The summed E-state index contributed by atoms with van der Waals surface area (Å²) in [4.78, 5) is 0. The molecule has 0 radical (unpaired) electrons. The van der Waals surface area contributed by atoms with Crippen molar-refractivity contribution in [2.24, 2.45) is 11.7 Å². The first-order chi connectivity index (χ1) is 7.36. The summed E-state index contributed by atoms with van der Waals surface area (Å²) in [6, 6.07) is 6.10. The average molecular weight is 205 g/mol. The number of para-hydroxylation sites is 1. The molecule has 0 bridgehead atoms. The summed E-state index contributed by atoms with van der Waals surface area (Å²) in [6.45, 7) is 1.26. The van der Waals surface area contributed by atoms with Crippen molar-refractivity contribution in [1.82, 2.24) is 0 Å². The van der Waals surface area contributed by atoms with Crippen molar-refractivity contribution in [3.63, 3.8) is 0 Å². The van der Waals surface area contributed by atoms with E-state index >= 15 is 0 Å². The quantitative estimate of drug-likeness (QED) is 0.801. The van der Waals surface area contributed by atoms with Crippen LogP contribution in [0.4, 0.5) is 0 Å². The second-order valence-corrected chi connectivity index (χ2v) is 4.23. The molecule has 0 saturated heterocycles. The Morgan fingerprint density at radius 2 is 2.00 bits per heavy atom. The van der Waals surface area contributed by atoms with Gasteiger partial charge in [-0.25, -0.2) is 0 Å². The Hall–Kier alpha value is -1.22. The van der Waals surface area contributed by atoms with Crippen LogP contribution in [0, 0.1) is 5.92 Å². The Balaban J connectivity index is 1.98. The molecular weight excluding hydrogens is 190 g/mol. The number of benzene rings is 1. The third-order valence-electron chi connectivity index (χ3n) is 3.09. The zero-order chi connectivity index (χ0) is 10.3. The maximum absolute atomic E-state index is 6.19. The van der Waals surface area contributed by atoms with Gasteiger partial charge in [0, 0.05) is 11.6 Å². The lowest BCUT2D eigenvalue weighted by Crippen LogP contribution is -2.20. The second kappa shape index (κ2) is 3.42. The minimum atomic E-state index is 0.113. The third kappa shape index (κ3) is 1.57. The molecular formula is C12H15NO2. The van der Waals surface area contributed by atoms with E-state index in [0.717, 1.165) is 17.1 Å². The molecule has 3 heteroatoms. The number of hydrogen-bond acceptors (Lipinski definition) is 3. The lowest BCUT2D eigenvalue weighted by molar-refractivity contribution is 0.169. The largest absolute Gasteiger partial charge is 0.486 e. The van der Waals surface area contributed by atoms with E-state index in [1.165, 1.54) is 12.8 Å². The number of nitrogens with two attached hydrogens (primary N) is 1. The standard InChI is InChI=1S/C12H15NO2/c13-11(8-4-5-8)9-2-1-3-10-12(9)15-7-6-14-10/h1-3,8,11H,4-7,13H2/t11-/m1/s1. The normalized spacial score (nSPS) is 21.1. The molecule has 1 aromatic rings. The molecule has 2 aliphatic rings. The molecule has 1 aromatic carbocycles. The van der Waals surface area contributed by atoms with E-state index in [1.54, 1.807) is 0 Å². The summed E-state index contributed by atoms with van der Waals surface area (Å²) in [6.07, 6.45) is 2.48. The van der Waals surface area contributed by atoms with E-state index in [-0.39, 0.29) is 6.04 Å². The molecule has 2 N–H and O–H groups in total. The van der Waals surface area contributed by atoms with Crippen LogP contribution in [0.25, 0.3) is 0 Å². The lowest BCUT2D eigenvalue weighted by Gasteiger charge is -2.23. The predicted molar refractivity (Wildman–Crippen MR) is 57.1 cm³/mol. The maximum Gasteiger partial charge on any atom is 0.166 e. The van der Waals surface area contributed by atoms with Crippen LogP contribution in [0.2, 0.25) is 0 Å². The zero-order valence-electron chi connectivity index (χ0n) is 8.61.